The molecule has 0 amide bonds. The number of H-pyrrole nitrogens is 1. The van der Waals surface area contributed by atoms with Crippen molar-refractivity contribution in [1.29, 1.82) is 0 Å². The zero-order valence-corrected chi connectivity index (χ0v) is 9.25. The van der Waals surface area contributed by atoms with Crippen molar-refractivity contribution in [3.63, 3.8) is 0 Å². The third-order valence-electron chi connectivity index (χ3n) is 2.34. The van der Waals surface area contributed by atoms with E-state index in [1.165, 1.54) is 6.21 Å². The molecule has 0 unspecified atom stereocenters. The van der Waals surface area contributed by atoms with Gasteiger partial charge in [-0.1, -0.05) is 0 Å². The van der Waals surface area contributed by atoms with E-state index in [2.05, 4.69) is 19.9 Å². The van der Waals surface area contributed by atoms with Crippen LogP contribution in [0.1, 0.15) is 16.8 Å². The summed E-state index contributed by atoms with van der Waals surface area (Å²) in [5, 5.41) is 18.9. The highest BCUT2D eigenvalue weighted by atomic mass is 16.3. The van der Waals surface area contributed by atoms with E-state index in [1.54, 1.807) is 25.5 Å². The van der Waals surface area contributed by atoms with Gasteiger partial charge in [0.1, 0.15) is 5.75 Å². The summed E-state index contributed by atoms with van der Waals surface area (Å²) in [5.74, 6) is 0.449. The fourth-order valence-electron chi connectivity index (χ4n) is 1.40. The van der Waals surface area contributed by atoms with Crippen LogP contribution >= 0.6 is 0 Å². The third-order valence-corrected chi connectivity index (χ3v) is 2.34. The van der Waals surface area contributed by atoms with Crippen molar-refractivity contribution in [2.45, 2.75) is 13.5 Å². The van der Waals surface area contributed by atoms with Gasteiger partial charge in [-0.3, -0.25) is 4.98 Å². The molecule has 0 bridgehead atoms. The quantitative estimate of drug-likeness (QED) is 0.690. The van der Waals surface area contributed by atoms with Crippen LogP contribution in [-0.4, -0.2) is 31.4 Å². The Hall–Kier alpha value is -2.21. The van der Waals surface area contributed by atoms with Crippen molar-refractivity contribution in [3.8, 4) is 5.75 Å². The average Bonchev–Trinajstić information content (AvgIpc) is 2.83. The molecular formula is C11H12N4O2. The van der Waals surface area contributed by atoms with Gasteiger partial charge in [-0.2, -0.15) is 0 Å². The highest BCUT2D eigenvalue weighted by Gasteiger charge is 2.09. The molecule has 0 atom stereocenters. The van der Waals surface area contributed by atoms with Crippen molar-refractivity contribution in [1.82, 2.24) is 15.0 Å². The van der Waals surface area contributed by atoms with Gasteiger partial charge in [0.25, 0.3) is 0 Å². The van der Waals surface area contributed by atoms with Crippen molar-refractivity contribution < 1.29 is 10.2 Å². The first kappa shape index (κ1) is 11.3. The van der Waals surface area contributed by atoms with Gasteiger partial charge in [0.2, 0.25) is 5.95 Å². The monoisotopic (exact) mass is 232 g/mol. The number of rotatable bonds is 3. The minimum Gasteiger partial charge on any atom is -0.506 e. The molecule has 0 fully saturated rings. The number of imidazole rings is 1. The molecule has 0 radical (unpaired) electrons. The molecule has 0 saturated heterocycles. The van der Waals surface area contributed by atoms with E-state index in [-0.39, 0.29) is 12.4 Å². The van der Waals surface area contributed by atoms with Gasteiger partial charge in [-0.15, -0.1) is 0 Å². The Labute approximate surface area is 97.7 Å². The molecule has 17 heavy (non-hydrogen) atoms. The molecule has 0 spiro atoms. The van der Waals surface area contributed by atoms with Crippen LogP contribution in [0, 0.1) is 6.92 Å². The number of aromatic amines is 1. The second-order valence-corrected chi connectivity index (χ2v) is 3.46. The highest BCUT2D eigenvalue weighted by molar-refractivity contribution is 5.83. The molecule has 0 aliphatic carbocycles. The number of aryl methyl sites for hydroxylation is 1. The summed E-state index contributed by atoms with van der Waals surface area (Å²) in [7, 11) is 0. The molecule has 0 aromatic carbocycles. The Balaban J connectivity index is 2.36. The van der Waals surface area contributed by atoms with E-state index in [4.69, 9.17) is 0 Å². The molecule has 3 N–H and O–H groups in total. The lowest BCUT2D eigenvalue weighted by atomic mass is 10.1. The maximum absolute atomic E-state index is 9.73. The zero-order chi connectivity index (χ0) is 12.3. The molecule has 6 nitrogen and oxygen atoms in total. The van der Waals surface area contributed by atoms with Gasteiger partial charge >= 0.3 is 0 Å². The normalized spacial score (nSPS) is 11.2. The highest BCUT2D eigenvalue weighted by Crippen LogP contribution is 2.22. The van der Waals surface area contributed by atoms with Crippen LogP contribution in [0.25, 0.3) is 0 Å². The van der Waals surface area contributed by atoms with Crippen LogP contribution in [0.4, 0.5) is 5.95 Å². The number of aromatic nitrogens is 3. The second kappa shape index (κ2) is 4.75. The van der Waals surface area contributed by atoms with E-state index in [9.17, 15) is 10.2 Å². The molecule has 0 saturated carbocycles. The maximum Gasteiger partial charge on any atom is 0.226 e. The van der Waals surface area contributed by atoms with E-state index < -0.39 is 0 Å². The fraction of sp³-hybridized carbons (Fsp3) is 0.182. The Morgan fingerprint density at radius 3 is 2.94 bits per heavy atom. The van der Waals surface area contributed by atoms with Crippen LogP contribution in [0.5, 0.6) is 5.75 Å². The number of hydrogen-bond acceptors (Lipinski definition) is 5. The standard InChI is InChI=1S/C11H12N4O2/c1-7-10(17)9(6-16)8(4-14-7)5-15-11-12-2-3-13-11/h2-5,16-17H,6H2,1H3,(H,12,13)/b15-5+. The van der Waals surface area contributed by atoms with Crippen LogP contribution < -0.4 is 0 Å². The lowest BCUT2D eigenvalue weighted by Gasteiger charge is -2.06. The van der Waals surface area contributed by atoms with Crippen LogP contribution in [0.3, 0.4) is 0 Å². The molecule has 0 aliphatic rings. The summed E-state index contributed by atoms with van der Waals surface area (Å²) >= 11 is 0. The average molecular weight is 232 g/mol. The van der Waals surface area contributed by atoms with Crippen molar-refractivity contribution in [3.05, 3.63) is 35.4 Å². The van der Waals surface area contributed by atoms with Crippen molar-refractivity contribution in [2.75, 3.05) is 0 Å². The molecule has 2 heterocycles. The second-order valence-electron chi connectivity index (χ2n) is 3.46. The topological polar surface area (TPSA) is 94.4 Å². The van der Waals surface area contributed by atoms with Crippen molar-refractivity contribution in [2.24, 2.45) is 4.99 Å². The first-order valence-corrected chi connectivity index (χ1v) is 5.04. The SMILES string of the molecule is Cc1ncc(/C=N/c2ncc[nH]2)c(CO)c1O. The fourth-order valence-corrected chi connectivity index (χ4v) is 1.40. The van der Waals surface area contributed by atoms with Gasteiger partial charge in [-0.25, -0.2) is 9.98 Å². The van der Waals surface area contributed by atoms with Gasteiger partial charge in [0.05, 0.1) is 12.3 Å². The van der Waals surface area contributed by atoms with Crippen LogP contribution in [0.2, 0.25) is 0 Å². The molecule has 2 aromatic heterocycles. The molecule has 0 aliphatic heterocycles. The minimum atomic E-state index is -0.269. The van der Waals surface area contributed by atoms with Gasteiger partial charge in [0.15, 0.2) is 0 Å². The van der Waals surface area contributed by atoms with Gasteiger partial charge in [0, 0.05) is 35.9 Å². The maximum atomic E-state index is 9.73. The Bertz CT molecular complexity index is 535. The summed E-state index contributed by atoms with van der Waals surface area (Å²) in [6.45, 7) is 1.40. The lowest BCUT2D eigenvalue weighted by molar-refractivity contribution is 0.274. The number of aliphatic imine (C=N–C) groups is 1. The Morgan fingerprint density at radius 1 is 1.47 bits per heavy atom. The number of pyridine rings is 1. The Kier molecular flexibility index (Phi) is 3.15. The van der Waals surface area contributed by atoms with Gasteiger partial charge < -0.3 is 15.2 Å². The third kappa shape index (κ3) is 2.31. The smallest absolute Gasteiger partial charge is 0.226 e. The zero-order valence-electron chi connectivity index (χ0n) is 9.25. The number of aliphatic hydroxyl groups is 1. The Morgan fingerprint density at radius 2 is 2.29 bits per heavy atom. The van der Waals surface area contributed by atoms with E-state index in [0.717, 1.165) is 0 Å². The summed E-state index contributed by atoms with van der Waals surface area (Å²) in [4.78, 5) is 14.8. The van der Waals surface area contributed by atoms with Gasteiger partial charge in [-0.05, 0) is 6.92 Å². The lowest BCUT2D eigenvalue weighted by Crippen LogP contribution is -1.97. The number of aromatic hydroxyl groups is 1. The van der Waals surface area contributed by atoms with Crippen LogP contribution in [-0.2, 0) is 6.61 Å². The molecule has 2 aromatic rings. The summed E-state index contributed by atoms with van der Waals surface area (Å²) in [6.07, 6.45) is 6.29. The summed E-state index contributed by atoms with van der Waals surface area (Å²) in [5.41, 5.74) is 1.45. The van der Waals surface area contributed by atoms with Crippen molar-refractivity contribution >= 4 is 12.2 Å². The number of aliphatic hydroxyl groups excluding tert-OH is 1. The summed E-state index contributed by atoms with van der Waals surface area (Å²) < 4.78 is 0. The summed E-state index contributed by atoms with van der Waals surface area (Å²) in [6, 6.07) is 0. The number of hydrogen-bond donors (Lipinski definition) is 3. The predicted molar refractivity (Wildman–Crippen MR) is 62.4 cm³/mol. The molecule has 6 heteroatoms. The first-order valence-electron chi connectivity index (χ1n) is 5.04. The number of nitrogens with zero attached hydrogens (tertiary/aromatic N) is 3. The van der Waals surface area contributed by atoms with E-state index in [1.807, 2.05) is 0 Å². The molecule has 88 valence electrons. The first-order chi connectivity index (χ1) is 8.22. The minimum absolute atomic E-state index is 0.00380. The largest absolute Gasteiger partial charge is 0.506 e. The number of nitrogens with one attached hydrogen (secondary N) is 1. The molecular weight excluding hydrogens is 220 g/mol. The van der Waals surface area contributed by atoms with Crippen LogP contribution in [0.15, 0.2) is 23.6 Å². The van der Waals surface area contributed by atoms with E-state index in [0.29, 0.717) is 22.8 Å². The predicted octanol–water partition coefficient (Wildman–Crippen LogP) is 1.06. The molecule has 2 rings (SSSR count). The van der Waals surface area contributed by atoms with E-state index >= 15 is 0 Å².